The molecule has 148 valence electrons. The van der Waals surface area contributed by atoms with Gasteiger partial charge < -0.3 is 10.1 Å². The van der Waals surface area contributed by atoms with E-state index < -0.39 is 16.4 Å². The second-order valence-electron chi connectivity index (χ2n) is 6.22. The summed E-state index contributed by atoms with van der Waals surface area (Å²) in [4.78, 5) is 35.0. The van der Waals surface area contributed by atoms with E-state index in [1.165, 1.54) is 25.3 Å². The van der Waals surface area contributed by atoms with Gasteiger partial charge in [0.25, 0.3) is 11.2 Å². The van der Waals surface area contributed by atoms with Crippen molar-refractivity contribution in [2.75, 3.05) is 12.4 Å². The van der Waals surface area contributed by atoms with Gasteiger partial charge in [-0.1, -0.05) is 18.2 Å². The highest BCUT2D eigenvalue weighted by molar-refractivity contribution is 5.91. The van der Waals surface area contributed by atoms with Crippen LogP contribution in [0.3, 0.4) is 0 Å². The Bertz CT molecular complexity index is 1140. The molecule has 3 rings (SSSR count). The number of benzene rings is 2. The monoisotopic (exact) mass is 394 g/mol. The average Bonchev–Trinajstić information content (AvgIpc) is 2.71. The lowest BCUT2D eigenvalue weighted by atomic mass is 10.1. The summed E-state index contributed by atoms with van der Waals surface area (Å²) in [5.74, 6) is 0.0576. The molecule has 9 heteroatoms. The molecule has 0 aliphatic carbocycles. The summed E-state index contributed by atoms with van der Waals surface area (Å²) in [6.45, 7) is 1.37. The predicted octanol–water partition coefficient (Wildman–Crippen LogP) is 2.77. The van der Waals surface area contributed by atoms with E-state index >= 15 is 0 Å². The van der Waals surface area contributed by atoms with E-state index in [2.05, 4.69) is 10.4 Å². The number of non-ortho nitro benzene ring substituents is 1. The lowest BCUT2D eigenvalue weighted by Gasteiger charge is -2.11. The molecule has 0 unspecified atom stereocenters. The van der Waals surface area contributed by atoms with Crippen LogP contribution < -0.4 is 15.6 Å². The lowest BCUT2D eigenvalue weighted by Crippen LogP contribution is -2.29. The quantitative estimate of drug-likeness (QED) is 0.508. The van der Waals surface area contributed by atoms with Crippen LogP contribution >= 0.6 is 0 Å². The normalized spacial score (nSPS) is 10.4. The maximum atomic E-state index is 12.4. The number of para-hydroxylation sites is 1. The fraction of sp³-hybridized carbons (Fsp3) is 0.150. The van der Waals surface area contributed by atoms with Crippen LogP contribution in [0.1, 0.15) is 5.56 Å². The fourth-order valence-electron chi connectivity index (χ4n) is 2.75. The SMILES string of the molecule is COc1ccccc1-c1ccc(=O)n(CC(=O)Nc2cc([N+](=O)[O-])ccc2C)n1. The molecular formula is C20H18N4O5. The predicted molar refractivity (Wildman–Crippen MR) is 107 cm³/mol. The number of nitrogens with zero attached hydrogens (tertiary/aromatic N) is 3. The molecule has 0 aliphatic heterocycles. The zero-order chi connectivity index (χ0) is 21.0. The van der Waals surface area contributed by atoms with Gasteiger partial charge in [0, 0.05) is 23.8 Å². The second kappa shape index (κ2) is 8.34. The fourth-order valence-corrected chi connectivity index (χ4v) is 2.75. The largest absolute Gasteiger partial charge is 0.496 e. The van der Waals surface area contributed by atoms with Crippen LogP contribution in [-0.4, -0.2) is 27.7 Å². The van der Waals surface area contributed by atoms with Crippen LogP contribution in [0.15, 0.2) is 59.4 Å². The molecule has 0 aliphatic rings. The van der Waals surface area contributed by atoms with E-state index in [9.17, 15) is 19.7 Å². The van der Waals surface area contributed by atoms with Crippen molar-refractivity contribution in [2.24, 2.45) is 0 Å². The summed E-state index contributed by atoms with van der Waals surface area (Å²) < 4.78 is 6.34. The number of hydrogen-bond donors (Lipinski definition) is 1. The molecule has 1 heterocycles. The molecule has 1 aromatic heterocycles. The Labute approximate surface area is 165 Å². The number of aromatic nitrogens is 2. The van der Waals surface area contributed by atoms with E-state index in [1.807, 2.05) is 12.1 Å². The van der Waals surface area contributed by atoms with Crippen molar-refractivity contribution in [3.63, 3.8) is 0 Å². The zero-order valence-corrected chi connectivity index (χ0v) is 15.8. The van der Waals surface area contributed by atoms with Gasteiger partial charge in [0.15, 0.2) is 0 Å². The van der Waals surface area contributed by atoms with Crippen LogP contribution in [-0.2, 0) is 11.3 Å². The molecule has 0 atom stereocenters. The van der Waals surface area contributed by atoms with E-state index in [1.54, 1.807) is 31.2 Å². The van der Waals surface area contributed by atoms with E-state index in [-0.39, 0.29) is 12.2 Å². The molecule has 3 aromatic rings. The van der Waals surface area contributed by atoms with Gasteiger partial charge in [0.05, 0.1) is 23.4 Å². The Hall–Kier alpha value is -4.01. The number of nitrogens with one attached hydrogen (secondary N) is 1. The Morgan fingerprint density at radius 1 is 1.21 bits per heavy atom. The van der Waals surface area contributed by atoms with Gasteiger partial charge in [-0.3, -0.25) is 19.7 Å². The highest BCUT2D eigenvalue weighted by Crippen LogP contribution is 2.27. The Balaban J connectivity index is 1.85. The summed E-state index contributed by atoms with van der Waals surface area (Å²) in [6.07, 6.45) is 0. The maximum Gasteiger partial charge on any atom is 0.271 e. The Kier molecular flexibility index (Phi) is 5.68. The number of carbonyl (C=O) groups is 1. The number of nitro benzene ring substituents is 1. The highest BCUT2D eigenvalue weighted by atomic mass is 16.6. The molecule has 29 heavy (non-hydrogen) atoms. The average molecular weight is 394 g/mol. The first-order chi connectivity index (χ1) is 13.9. The smallest absolute Gasteiger partial charge is 0.271 e. The minimum atomic E-state index is -0.544. The molecule has 9 nitrogen and oxygen atoms in total. The number of rotatable bonds is 6. The molecule has 0 fully saturated rings. The summed E-state index contributed by atoms with van der Waals surface area (Å²) in [6, 6.07) is 14.2. The van der Waals surface area contributed by atoms with Gasteiger partial charge in [-0.15, -0.1) is 0 Å². The topological polar surface area (TPSA) is 116 Å². The molecule has 2 aromatic carbocycles. The van der Waals surface area contributed by atoms with Gasteiger partial charge in [0.1, 0.15) is 12.3 Å². The summed E-state index contributed by atoms with van der Waals surface area (Å²) >= 11 is 0. The third-order valence-corrected chi connectivity index (χ3v) is 4.25. The molecule has 0 spiro atoms. The third-order valence-electron chi connectivity index (χ3n) is 4.25. The number of carbonyl (C=O) groups excluding carboxylic acids is 1. The molecule has 0 saturated heterocycles. The molecule has 0 saturated carbocycles. The molecule has 0 radical (unpaired) electrons. The number of ether oxygens (including phenoxy) is 1. The molecule has 0 bridgehead atoms. The number of anilines is 1. The Morgan fingerprint density at radius 2 is 1.97 bits per heavy atom. The van der Waals surface area contributed by atoms with Crippen molar-refractivity contribution in [1.82, 2.24) is 9.78 Å². The van der Waals surface area contributed by atoms with Gasteiger partial charge >= 0.3 is 0 Å². The summed E-state index contributed by atoms with van der Waals surface area (Å²) in [7, 11) is 1.53. The highest BCUT2D eigenvalue weighted by Gasteiger charge is 2.14. The molecule has 1 N–H and O–H groups in total. The molecular weight excluding hydrogens is 376 g/mol. The maximum absolute atomic E-state index is 12.4. The van der Waals surface area contributed by atoms with E-state index in [4.69, 9.17) is 4.74 Å². The van der Waals surface area contributed by atoms with Crippen molar-refractivity contribution in [1.29, 1.82) is 0 Å². The first kappa shape index (κ1) is 19.7. The van der Waals surface area contributed by atoms with Crippen LogP contribution in [0.25, 0.3) is 11.3 Å². The summed E-state index contributed by atoms with van der Waals surface area (Å²) in [5.41, 5.74) is 1.53. The number of nitro groups is 1. The van der Waals surface area contributed by atoms with Gasteiger partial charge in [-0.05, 0) is 30.7 Å². The number of hydrogen-bond acceptors (Lipinski definition) is 6. The lowest BCUT2D eigenvalue weighted by molar-refractivity contribution is -0.384. The van der Waals surface area contributed by atoms with E-state index in [0.717, 1.165) is 4.68 Å². The first-order valence-electron chi connectivity index (χ1n) is 8.65. The van der Waals surface area contributed by atoms with Crippen molar-refractivity contribution < 1.29 is 14.5 Å². The first-order valence-corrected chi connectivity index (χ1v) is 8.65. The van der Waals surface area contributed by atoms with Crippen molar-refractivity contribution in [3.8, 4) is 17.0 Å². The van der Waals surface area contributed by atoms with Gasteiger partial charge in [-0.25, -0.2) is 4.68 Å². The standard InChI is InChI=1S/C20H18N4O5/c1-13-7-8-14(24(27)28)11-17(13)21-19(25)12-23-20(26)10-9-16(22-23)15-5-3-4-6-18(15)29-2/h3-11H,12H2,1-2H3,(H,21,25). The number of aryl methyl sites for hydroxylation is 1. The second-order valence-corrected chi connectivity index (χ2v) is 6.22. The summed E-state index contributed by atoms with van der Waals surface area (Å²) in [5, 5.41) is 17.8. The van der Waals surface area contributed by atoms with Gasteiger partial charge in [-0.2, -0.15) is 5.10 Å². The van der Waals surface area contributed by atoms with Crippen molar-refractivity contribution >= 4 is 17.3 Å². The number of methoxy groups -OCH3 is 1. The van der Waals surface area contributed by atoms with Crippen LogP contribution in [0.5, 0.6) is 5.75 Å². The zero-order valence-electron chi connectivity index (χ0n) is 15.8. The van der Waals surface area contributed by atoms with Crippen LogP contribution in [0.4, 0.5) is 11.4 Å². The van der Waals surface area contributed by atoms with Crippen LogP contribution in [0, 0.1) is 17.0 Å². The van der Waals surface area contributed by atoms with Crippen molar-refractivity contribution in [2.45, 2.75) is 13.5 Å². The van der Waals surface area contributed by atoms with Crippen LogP contribution in [0.2, 0.25) is 0 Å². The minimum absolute atomic E-state index is 0.139. The van der Waals surface area contributed by atoms with Gasteiger partial charge in [0.2, 0.25) is 5.91 Å². The molecule has 1 amide bonds. The van der Waals surface area contributed by atoms with E-state index in [0.29, 0.717) is 28.3 Å². The third kappa shape index (κ3) is 4.46. The van der Waals surface area contributed by atoms with Crippen molar-refractivity contribution in [3.05, 3.63) is 80.6 Å². The minimum Gasteiger partial charge on any atom is -0.496 e. The number of amides is 1. The Morgan fingerprint density at radius 3 is 2.69 bits per heavy atom.